The van der Waals surface area contributed by atoms with Crippen molar-refractivity contribution in [3.05, 3.63) is 36.4 Å². The van der Waals surface area contributed by atoms with Crippen molar-refractivity contribution in [2.75, 3.05) is 0 Å². The molecule has 0 bridgehead atoms. The second-order valence-electron chi connectivity index (χ2n) is 1.08. The van der Waals surface area contributed by atoms with Crippen molar-refractivity contribution in [2.24, 2.45) is 0 Å². The van der Waals surface area contributed by atoms with Crippen molar-refractivity contribution in [2.45, 2.75) is 0 Å². The Hall–Kier alpha value is 0.247. The van der Waals surface area contributed by atoms with E-state index in [0.717, 1.165) is 0 Å². The van der Waals surface area contributed by atoms with Gasteiger partial charge in [0.25, 0.3) is 0 Å². The van der Waals surface area contributed by atoms with Crippen molar-refractivity contribution >= 4 is 9.90 Å². The Bertz CT molecular complexity index is 80.5. The van der Waals surface area contributed by atoms with E-state index in [1.165, 1.54) is 0 Å². The zero-order chi connectivity index (χ0) is 4.24. The molecule has 0 aliphatic rings. The molecule has 0 saturated carbocycles. The van der Waals surface area contributed by atoms with Gasteiger partial charge in [0.05, 0.1) is 0 Å². The first-order valence-corrected chi connectivity index (χ1v) is 1.91. The van der Waals surface area contributed by atoms with Crippen molar-refractivity contribution in [1.82, 2.24) is 0 Å². The molecule has 1 unspecified atom stereocenters. The SMILES string of the molecule is P.[Li+].[c-]1ccccc1. The monoisotopic (exact) mass is 118 g/mol. The van der Waals surface area contributed by atoms with Crippen molar-refractivity contribution in [3.8, 4) is 0 Å². The minimum absolute atomic E-state index is 0. The summed E-state index contributed by atoms with van der Waals surface area (Å²) < 4.78 is 0. The fraction of sp³-hybridized carbons (Fsp3) is 0. The Morgan fingerprint density at radius 1 is 0.875 bits per heavy atom. The van der Waals surface area contributed by atoms with Gasteiger partial charge in [-0.15, -0.1) is 0 Å². The second-order valence-corrected chi connectivity index (χ2v) is 1.08. The van der Waals surface area contributed by atoms with E-state index in [2.05, 4.69) is 6.07 Å². The molecular formula is C6H8LiP. The van der Waals surface area contributed by atoms with E-state index in [1.807, 2.05) is 30.3 Å². The third-order valence-corrected chi connectivity index (χ3v) is 0.607. The first-order chi connectivity index (χ1) is 3.00. The van der Waals surface area contributed by atoms with Crippen LogP contribution in [0.15, 0.2) is 30.3 Å². The molecule has 0 nitrogen and oxygen atoms in total. The van der Waals surface area contributed by atoms with Gasteiger partial charge in [0.1, 0.15) is 0 Å². The van der Waals surface area contributed by atoms with Crippen LogP contribution in [0.1, 0.15) is 0 Å². The first-order valence-electron chi connectivity index (χ1n) is 1.91. The van der Waals surface area contributed by atoms with Gasteiger partial charge in [-0.05, 0) is 0 Å². The summed E-state index contributed by atoms with van der Waals surface area (Å²) in [6.45, 7) is 0. The predicted octanol–water partition coefficient (Wildman–Crippen LogP) is -1.45. The largest absolute Gasteiger partial charge is 1.00 e. The minimum atomic E-state index is 0. The smallest absolute Gasteiger partial charge is 0.184 e. The van der Waals surface area contributed by atoms with Crippen molar-refractivity contribution in [1.29, 1.82) is 0 Å². The van der Waals surface area contributed by atoms with Gasteiger partial charge in [0.2, 0.25) is 0 Å². The molecule has 0 heterocycles. The summed E-state index contributed by atoms with van der Waals surface area (Å²) in [5, 5.41) is 0. The maximum Gasteiger partial charge on any atom is 1.00 e. The molecule has 0 N–H and O–H groups in total. The molecule has 1 aromatic rings. The van der Waals surface area contributed by atoms with Crippen molar-refractivity contribution in [3.63, 3.8) is 0 Å². The molecule has 1 rings (SSSR count). The number of hydrogen-bond donors (Lipinski definition) is 0. The molecule has 38 valence electrons. The fourth-order valence-electron chi connectivity index (χ4n) is 0.342. The summed E-state index contributed by atoms with van der Waals surface area (Å²) in [6.07, 6.45) is 0. The molecular weight excluding hydrogens is 110 g/mol. The van der Waals surface area contributed by atoms with Gasteiger partial charge in [0, 0.05) is 0 Å². The van der Waals surface area contributed by atoms with E-state index in [1.54, 1.807) is 0 Å². The molecule has 8 heavy (non-hydrogen) atoms. The van der Waals surface area contributed by atoms with Gasteiger partial charge < -0.3 is 0 Å². The van der Waals surface area contributed by atoms with Crippen LogP contribution in [0.4, 0.5) is 0 Å². The summed E-state index contributed by atoms with van der Waals surface area (Å²) in [5.41, 5.74) is 0. The number of hydrogen-bond acceptors (Lipinski definition) is 0. The molecule has 0 aliphatic heterocycles. The van der Waals surface area contributed by atoms with E-state index >= 15 is 0 Å². The van der Waals surface area contributed by atoms with Crippen LogP contribution < -0.4 is 18.9 Å². The average molecular weight is 118 g/mol. The molecule has 0 amide bonds. The van der Waals surface area contributed by atoms with E-state index in [9.17, 15) is 0 Å². The second kappa shape index (κ2) is 7.25. The maximum atomic E-state index is 2.89. The summed E-state index contributed by atoms with van der Waals surface area (Å²) >= 11 is 0. The van der Waals surface area contributed by atoms with Crippen molar-refractivity contribution < 1.29 is 18.9 Å². The Labute approximate surface area is 65.5 Å². The van der Waals surface area contributed by atoms with Gasteiger partial charge in [-0.25, -0.2) is 0 Å². The van der Waals surface area contributed by atoms with Crippen LogP contribution in [-0.2, 0) is 0 Å². The standard InChI is InChI=1S/C6H5.Li.H3P/c1-2-4-6-5-3-1;;/h1-5H;;1H3/q-1;+1;. The van der Waals surface area contributed by atoms with E-state index in [4.69, 9.17) is 0 Å². The van der Waals surface area contributed by atoms with Gasteiger partial charge in [-0.2, -0.15) is 46.3 Å². The fourth-order valence-corrected chi connectivity index (χ4v) is 0.342. The topological polar surface area (TPSA) is 0 Å². The van der Waals surface area contributed by atoms with Crippen LogP contribution in [0.5, 0.6) is 0 Å². The average Bonchev–Trinajstić information content (AvgIpc) is 1.72. The summed E-state index contributed by atoms with van der Waals surface area (Å²) in [6, 6.07) is 12.5. The van der Waals surface area contributed by atoms with Crippen LogP contribution in [-0.4, -0.2) is 0 Å². The van der Waals surface area contributed by atoms with Crippen LogP contribution in [0.3, 0.4) is 0 Å². The Balaban J connectivity index is 0. The van der Waals surface area contributed by atoms with Crippen LogP contribution in [0, 0.1) is 6.07 Å². The van der Waals surface area contributed by atoms with Crippen LogP contribution >= 0.6 is 9.90 Å². The van der Waals surface area contributed by atoms with Gasteiger partial charge in [0.15, 0.2) is 0 Å². The van der Waals surface area contributed by atoms with E-state index < -0.39 is 0 Å². The van der Waals surface area contributed by atoms with Gasteiger partial charge >= 0.3 is 18.9 Å². The molecule has 0 aliphatic carbocycles. The summed E-state index contributed by atoms with van der Waals surface area (Å²) in [5.74, 6) is 0. The van der Waals surface area contributed by atoms with Gasteiger partial charge in [-0.3, -0.25) is 0 Å². The zero-order valence-corrected chi connectivity index (χ0v) is 6.51. The van der Waals surface area contributed by atoms with Crippen LogP contribution in [0.25, 0.3) is 0 Å². The predicted molar refractivity (Wildman–Crippen MR) is 36.4 cm³/mol. The molecule has 1 aromatic carbocycles. The molecule has 0 radical (unpaired) electrons. The quantitative estimate of drug-likeness (QED) is 0.222. The zero-order valence-electron chi connectivity index (χ0n) is 5.09. The Kier molecular flexibility index (Phi) is 10.1. The first kappa shape index (κ1) is 11.1. The third kappa shape index (κ3) is 4.41. The van der Waals surface area contributed by atoms with E-state index in [0.29, 0.717) is 0 Å². The Morgan fingerprint density at radius 2 is 1.38 bits per heavy atom. The Morgan fingerprint density at radius 3 is 1.50 bits per heavy atom. The molecule has 0 saturated heterocycles. The number of rotatable bonds is 0. The maximum absolute atomic E-state index is 2.89. The molecule has 0 fully saturated rings. The van der Waals surface area contributed by atoms with Crippen LogP contribution in [0.2, 0.25) is 0 Å². The van der Waals surface area contributed by atoms with E-state index in [-0.39, 0.29) is 28.8 Å². The summed E-state index contributed by atoms with van der Waals surface area (Å²) in [4.78, 5) is 0. The summed E-state index contributed by atoms with van der Waals surface area (Å²) in [7, 11) is 0. The normalized spacial score (nSPS) is 6.00. The third-order valence-electron chi connectivity index (χ3n) is 0.607. The number of benzene rings is 1. The molecule has 0 spiro atoms. The molecule has 0 aromatic heterocycles. The van der Waals surface area contributed by atoms with Gasteiger partial charge in [-0.1, -0.05) is 0 Å². The molecule has 1 atom stereocenters. The molecule has 2 heteroatoms. The minimum Gasteiger partial charge on any atom is -0.184 e.